The first kappa shape index (κ1) is 20.0. The number of benzene rings is 1. The van der Waals surface area contributed by atoms with Crippen LogP contribution < -0.4 is 5.32 Å². The molecule has 25 heavy (non-hydrogen) atoms. The Morgan fingerprint density at radius 2 is 1.84 bits per heavy atom. The van der Waals surface area contributed by atoms with E-state index in [2.05, 4.69) is 87.3 Å². The smallest absolute Gasteiger partial charge is 0.0457 e. The Kier molecular flexibility index (Phi) is 7.09. The fourth-order valence-corrected chi connectivity index (χ4v) is 3.67. The lowest BCUT2D eigenvalue weighted by Gasteiger charge is -2.29. The summed E-state index contributed by atoms with van der Waals surface area (Å²) in [5.74, 6) is 0. The first-order chi connectivity index (χ1) is 11.8. The Bertz CT molecular complexity index is 642. The molecule has 3 nitrogen and oxygen atoms in total. The molecule has 0 saturated heterocycles. The maximum Gasteiger partial charge on any atom is 0.0457 e. The molecule has 0 saturated carbocycles. The van der Waals surface area contributed by atoms with Crippen molar-refractivity contribution in [3.63, 3.8) is 0 Å². The van der Waals surface area contributed by atoms with Crippen molar-refractivity contribution in [3.05, 3.63) is 36.0 Å². The summed E-state index contributed by atoms with van der Waals surface area (Å²) in [6.45, 7) is 13.8. The van der Waals surface area contributed by atoms with Gasteiger partial charge in [0.1, 0.15) is 0 Å². The van der Waals surface area contributed by atoms with E-state index in [4.69, 9.17) is 0 Å². The molecular weight excluding hydrogens is 306 g/mol. The van der Waals surface area contributed by atoms with Crippen molar-refractivity contribution in [2.45, 2.75) is 71.4 Å². The van der Waals surface area contributed by atoms with Crippen LogP contribution in [-0.2, 0) is 5.41 Å². The van der Waals surface area contributed by atoms with E-state index in [1.807, 2.05) is 0 Å². The summed E-state index contributed by atoms with van der Waals surface area (Å²) in [7, 11) is 2.21. The van der Waals surface area contributed by atoms with E-state index in [-0.39, 0.29) is 5.41 Å². The number of nitrogens with one attached hydrogen (secondary N) is 2. The molecule has 1 aromatic carbocycles. The topological polar surface area (TPSA) is 31.1 Å². The largest absolute Gasteiger partial charge is 0.361 e. The lowest BCUT2D eigenvalue weighted by molar-refractivity contribution is 0.267. The van der Waals surface area contributed by atoms with Crippen LogP contribution in [0.3, 0.4) is 0 Å². The average molecular weight is 344 g/mol. The normalized spacial score (nSPS) is 13.9. The molecule has 0 bridgehead atoms. The summed E-state index contributed by atoms with van der Waals surface area (Å²) in [6, 6.07) is 9.77. The molecule has 0 radical (unpaired) electrons. The molecule has 3 heteroatoms. The summed E-state index contributed by atoms with van der Waals surface area (Å²) >= 11 is 0. The van der Waals surface area contributed by atoms with E-state index in [0.717, 1.165) is 13.0 Å². The van der Waals surface area contributed by atoms with E-state index >= 15 is 0 Å². The van der Waals surface area contributed by atoms with Gasteiger partial charge in [0.15, 0.2) is 0 Å². The number of hydrogen-bond acceptors (Lipinski definition) is 2. The predicted molar refractivity (Wildman–Crippen MR) is 110 cm³/mol. The van der Waals surface area contributed by atoms with Gasteiger partial charge in [-0.2, -0.15) is 0 Å². The van der Waals surface area contributed by atoms with Gasteiger partial charge in [-0.25, -0.2) is 0 Å². The molecule has 2 aromatic rings. The monoisotopic (exact) mass is 343 g/mol. The van der Waals surface area contributed by atoms with Crippen LogP contribution in [-0.4, -0.2) is 42.1 Å². The second-order valence-electron chi connectivity index (χ2n) is 8.47. The van der Waals surface area contributed by atoms with Crippen LogP contribution in [0.4, 0.5) is 0 Å². The average Bonchev–Trinajstić information content (AvgIpc) is 2.98. The Labute approximate surface area is 154 Å². The highest BCUT2D eigenvalue weighted by Gasteiger charge is 2.25. The third kappa shape index (κ3) is 5.58. The fourth-order valence-electron chi connectivity index (χ4n) is 3.67. The van der Waals surface area contributed by atoms with E-state index in [0.29, 0.717) is 12.1 Å². The summed E-state index contributed by atoms with van der Waals surface area (Å²) in [5, 5.41) is 5.08. The van der Waals surface area contributed by atoms with Crippen LogP contribution >= 0.6 is 0 Å². The van der Waals surface area contributed by atoms with Crippen molar-refractivity contribution in [2.75, 3.05) is 20.1 Å². The maximum atomic E-state index is 3.72. The molecule has 1 atom stereocenters. The number of unbranched alkanes of at least 4 members (excludes halogenated alkanes) is 1. The van der Waals surface area contributed by atoms with Gasteiger partial charge in [-0.15, -0.1) is 0 Å². The highest BCUT2D eigenvalue weighted by Crippen LogP contribution is 2.33. The van der Waals surface area contributed by atoms with Crippen LogP contribution in [0.15, 0.2) is 30.5 Å². The number of H-pyrrole nitrogens is 1. The minimum absolute atomic E-state index is 0.157. The van der Waals surface area contributed by atoms with E-state index < -0.39 is 0 Å². The van der Waals surface area contributed by atoms with Gasteiger partial charge in [-0.05, 0) is 77.2 Å². The Morgan fingerprint density at radius 3 is 2.56 bits per heavy atom. The standard InChI is InChI=1S/C22H37N3/c1-17(2)25(6)14-10-9-13-23-18(3)15-22(4,5)20-16-24-21-12-8-7-11-19(20)21/h7-8,11-12,16-18,23-24H,9-10,13-15H2,1-6H3/t18-/m0/s1. The van der Waals surface area contributed by atoms with Crippen molar-refractivity contribution in [2.24, 2.45) is 0 Å². The second kappa shape index (κ2) is 8.86. The van der Waals surface area contributed by atoms with Gasteiger partial charge in [-0.1, -0.05) is 32.0 Å². The third-order valence-electron chi connectivity index (χ3n) is 5.45. The molecule has 1 aromatic heterocycles. The Hall–Kier alpha value is -1.32. The molecule has 140 valence electrons. The number of fused-ring (bicyclic) bond motifs is 1. The lowest BCUT2D eigenvalue weighted by Crippen LogP contribution is -2.34. The van der Waals surface area contributed by atoms with Crippen molar-refractivity contribution in [3.8, 4) is 0 Å². The number of aromatic nitrogens is 1. The van der Waals surface area contributed by atoms with Gasteiger partial charge >= 0.3 is 0 Å². The fraction of sp³-hybridized carbons (Fsp3) is 0.636. The second-order valence-corrected chi connectivity index (χ2v) is 8.47. The summed E-state index contributed by atoms with van der Waals surface area (Å²) in [4.78, 5) is 5.84. The Balaban J connectivity index is 1.80. The molecule has 0 unspecified atom stereocenters. The van der Waals surface area contributed by atoms with Gasteiger partial charge in [0.05, 0.1) is 0 Å². The van der Waals surface area contributed by atoms with E-state index in [1.165, 1.54) is 35.9 Å². The van der Waals surface area contributed by atoms with E-state index in [9.17, 15) is 0 Å². The summed E-state index contributed by atoms with van der Waals surface area (Å²) in [6.07, 6.45) is 5.84. The van der Waals surface area contributed by atoms with Crippen molar-refractivity contribution in [1.82, 2.24) is 15.2 Å². The third-order valence-corrected chi connectivity index (χ3v) is 5.45. The maximum absolute atomic E-state index is 3.72. The molecule has 2 rings (SSSR count). The van der Waals surface area contributed by atoms with Crippen molar-refractivity contribution >= 4 is 10.9 Å². The van der Waals surface area contributed by atoms with Crippen molar-refractivity contribution in [1.29, 1.82) is 0 Å². The minimum atomic E-state index is 0.157. The minimum Gasteiger partial charge on any atom is -0.361 e. The first-order valence-electron chi connectivity index (χ1n) is 9.81. The van der Waals surface area contributed by atoms with Gasteiger partial charge in [-0.3, -0.25) is 0 Å². The number of nitrogens with zero attached hydrogens (tertiary/aromatic N) is 1. The zero-order valence-corrected chi connectivity index (χ0v) is 17.0. The van der Waals surface area contributed by atoms with Crippen LogP contribution in [0.2, 0.25) is 0 Å². The molecule has 0 amide bonds. The van der Waals surface area contributed by atoms with Crippen LogP contribution in [0.1, 0.15) is 59.4 Å². The molecule has 0 aliphatic rings. The molecule has 2 N–H and O–H groups in total. The number of rotatable bonds is 10. The molecule has 0 aliphatic carbocycles. The summed E-state index contributed by atoms with van der Waals surface area (Å²) in [5.41, 5.74) is 2.82. The molecular formula is C22H37N3. The van der Waals surface area contributed by atoms with Gasteiger partial charge < -0.3 is 15.2 Å². The van der Waals surface area contributed by atoms with Crippen LogP contribution in [0.25, 0.3) is 10.9 Å². The summed E-state index contributed by atoms with van der Waals surface area (Å²) < 4.78 is 0. The zero-order valence-electron chi connectivity index (χ0n) is 17.0. The highest BCUT2D eigenvalue weighted by atomic mass is 15.1. The van der Waals surface area contributed by atoms with Gasteiger partial charge in [0.25, 0.3) is 0 Å². The highest BCUT2D eigenvalue weighted by molar-refractivity contribution is 5.84. The molecule has 1 heterocycles. The number of para-hydroxylation sites is 1. The molecule has 0 aliphatic heterocycles. The molecule has 0 spiro atoms. The van der Waals surface area contributed by atoms with Crippen LogP contribution in [0, 0.1) is 0 Å². The van der Waals surface area contributed by atoms with Crippen LogP contribution in [0.5, 0.6) is 0 Å². The predicted octanol–water partition coefficient (Wildman–Crippen LogP) is 4.93. The van der Waals surface area contributed by atoms with Gasteiger partial charge in [0, 0.05) is 29.2 Å². The molecule has 0 fully saturated rings. The zero-order chi connectivity index (χ0) is 18.4. The SMILES string of the molecule is CC(C)N(C)CCCCN[C@@H](C)CC(C)(C)c1c[nH]c2ccccc12. The van der Waals surface area contributed by atoms with Crippen molar-refractivity contribution < 1.29 is 0 Å². The Morgan fingerprint density at radius 1 is 1.12 bits per heavy atom. The van der Waals surface area contributed by atoms with Gasteiger partial charge in [0.2, 0.25) is 0 Å². The number of hydrogen-bond donors (Lipinski definition) is 2. The number of aromatic amines is 1. The lowest BCUT2D eigenvalue weighted by atomic mass is 9.79. The first-order valence-corrected chi connectivity index (χ1v) is 9.81. The van der Waals surface area contributed by atoms with E-state index in [1.54, 1.807) is 0 Å². The quantitative estimate of drug-likeness (QED) is 0.599.